The standard InChI is InChI=1S/C16H32N4/c1-5-19(6-2)12-9-18-16(14-17)7-10-20(11-8-16)13-15(3)4/h15,18H,5-13H2,1-4H3. The molecule has 1 heterocycles. The van der Waals surface area contributed by atoms with Crippen molar-refractivity contribution in [3.05, 3.63) is 0 Å². The number of piperidine rings is 1. The molecule has 116 valence electrons. The molecule has 0 unspecified atom stereocenters. The van der Waals surface area contributed by atoms with Gasteiger partial charge in [-0.25, -0.2) is 0 Å². The predicted molar refractivity (Wildman–Crippen MR) is 84.6 cm³/mol. The molecule has 4 heteroatoms. The number of likely N-dealkylation sites (tertiary alicyclic amines) is 1. The van der Waals surface area contributed by atoms with Gasteiger partial charge in [0.05, 0.1) is 6.07 Å². The summed E-state index contributed by atoms with van der Waals surface area (Å²) in [5.41, 5.74) is -0.291. The van der Waals surface area contributed by atoms with Crippen molar-refractivity contribution in [2.45, 2.75) is 46.1 Å². The average Bonchev–Trinajstić information content (AvgIpc) is 2.45. The maximum Gasteiger partial charge on any atom is 0.109 e. The van der Waals surface area contributed by atoms with Crippen LogP contribution in [-0.4, -0.2) is 61.2 Å². The van der Waals surface area contributed by atoms with Gasteiger partial charge >= 0.3 is 0 Å². The van der Waals surface area contributed by atoms with Crippen LogP contribution in [0.1, 0.15) is 40.5 Å². The summed E-state index contributed by atoms with van der Waals surface area (Å²) < 4.78 is 0. The van der Waals surface area contributed by atoms with E-state index in [4.69, 9.17) is 0 Å². The third-order valence-corrected chi connectivity index (χ3v) is 4.33. The second-order valence-corrected chi connectivity index (χ2v) is 6.34. The molecule has 20 heavy (non-hydrogen) atoms. The molecule has 1 aliphatic heterocycles. The lowest BCUT2D eigenvalue weighted by Crippen LogP contribution is -2.54. The van der Waals surface area contributed by atoms with Gasteiger partial charge in [-0.1, -0.05) is 27.7 Å². The molecule has 0 spiro atoms. The lowest BCUT2D eigenvalue weighted by Gasteiger charge is -2.39. The van der Waals surface area contributed by atoms with Crippen molar-refractivity contribution in [3.8, 4) is 6.07 Å². The largest absolute Gasteiger partial charge is 0.303 e. The average molecular weight is 280 g/mol. The highest BCUT2D eigenvalue weighted by molar-refractivity contribution is 5.09. The first kappa shape index (κ1) is 17.4. The molecule has 0 aromatic rings. The molecule has 0 aromatic carbocycles. The fourth-order valence-electron chi connectivity index (χ4n) is 2.95. The van der Waals surface area contributed by atoms with Crippen molar-refractivity contribution >= 4 is 0 Å². The first-order valence-corrected chi connectivity index (χ1v) is 8.16. The van der Waals surface area contributed by atoms with Crippen LogP contribution in [0.2, 0.25) is 0 Å². The Morgan fingerprint density at radius 2 is 1.85 bits per heavy atom. The Kier molecular flexibility index (Phi) is 7.50. The highest BCUT2D eigenvalue weighted by Crippen LogP contribution is 2.22. The predicted octanol–water partition coefficient (Wildman–Crippen LogP) is 1.93. The van der Waals surface area contributed by atoms with E-state index in [2.05, 4.69) is 48.9 Å². The summed E-state index contributed by atoms with van der Waals surface area (Å²) in [6, 6.07) is 2.54. The molecule has 0 aromatic heterocycles. The first-order chi connectivity index (χ1) is 9.55. The van der Waals surface area contributed by atoms with E-state index in [1.165, 1.54) is 0 Å². The molecular weight excluding hydrogens is 248 g/mol. The molecule has 4 nitrogen and oxygen atoms in total. The van der Waals surface area contributed by atoms with Crippen LogP contribution < -0.4 is 5.32 Å². The van der Waals surface area contributed by atoms with Gasteiger partial charge in [0.15, 0.2) is 0 Å². The molecule has 1 N–H and O–H groups in total. The van der Waals surface area contributed by atoms with E-state index < -0.39 is 0 Å². The van der Waals surface area contributed by atoms with Crippen molar-refractivity contribution in [2.75, 3.05) is 45.8 Å². The van der Waals surface area contributed by atoms with Gasteiger partial charge in [0.1, 0.15) is 5.54 Å². The van der Waals surface area contributed by atoms with Crippen LogP contribution in [-0.2, 0) is 0 Å². The van der Waals surface area contributed by atoms with Gasteiger partial charge in [-0.15, -0.1) is 0 Å². The highest BCUT2D eigenvalue weighted by atomic mass is 15.2. The van der Waals surface area contributed by atoms with Crippen LogP contribution in [0.3, 0.4) is 0 Å². The summed E-state index contributed by atoms with van der Waals surface area (Å²) in [6.45, 7) is 16.3. The Hall–Kier alpha value is -0.630. The van der Waals surface area contributed by atoms with Crippen molar-refractivity contribution in [1.82, 2.24) is 15.1 Å². The van der Waals surface area contributed by atoms with Gasteiger partial charge in [0, 0.05) is 32.7 Å². The number of nitriles is 1. The Labute approximate surface area is 125 Å². The minimum atomic E-state index is -0.291. The number of nitrogens with one attached hydrogen (secondary N) is 1. The zero-order chi connectivity index (χ0) is 15.0. The van der Waals surface area contributed by atoms with E-state index in [-0.39, 0.29) is 5.54 Å². The zero-order valence-electron chi connectivity index (χ0n) is 13.8. The maximum atomic E-state index is 9.54. The molecule has 0 aliphatic carbocycles. The van der Waals surface area contributed by atoms with E-state index in [0.29, 0.717) is 5.92 Å². The zero-order valence-corrected chi connectivity index (χ0v) is 13.8. The molecule has 1 saturated heterocycles. The third-order valence-electron chi connectivity index (χ3n) is 4.33. The molecule has 0 radical (unpaired) electrons. The second-order valence-electron chi connectivity index (χ2n) is 6.34. The molecule has 1 aliphatic rings. The molecule has 0 atom stereocenters. The topological polar surface area (TPSA) is 42.3 Å². The van der Waals surface area contributed by atoms with Crippen LogP contribution >= 0.6 is 0 Å². The highest BCUT2D eigenvalue weighted by Gasteiger charge is 2.34. The van der Waals surface area contributed by atoms with Crippen molar-refractivity contribution < 1.29 is 0 Å². The van der Waals surface area contributed by atoms with Gasteiger partial charge in [0.25, 0.3) is 0 Å². The Morgan fingerprint density at radius 3 is 2.30 bits per heavy atom. The SMILES string of the molecule is CCN(CC)CCNC1(C#N)CCN(CC(C)C)CC1. The van der Waals surface area contributed by atoms with Gasteiger partial charge in [0.2, 0.25) is 0 Å². The van der Waals surface area contributed by atoms with Crippen molar-refractivity contribution in [1.29, 1.82) is 5.26 Å². The number of hydrogen-bond donors (Lipinski definition) is 1. The molecular formula is C16H32N4. The van der Waals surface area contributed by atoms with Gasteiger partial charge in [-0.2, -0.15) is 5.26 Å². The van der Waals surface area contributed by atoms with Gasteiger partial charge < -0.3 is 9.80 Å². The van der Waals surface area contributed by atoms with Crippen molar-refractivity contribution in [2.24, 2.45) is 5.92 Å². The number of hydrogen-bond acceptors (Lipinski definition) is 4. The molecule has 0 amide bonds. The van der Waals surface area contributed by atoms with Crippen LogP contribution in [0, 0.1) is 17.2 Å². The quantitative estimate of drug-likeness (QED) is 0.738. The van der Waals surface area contributed by atoms with E-state index in [1.54, 1.807) is 0 Å². The fourth-order valence-corrected chi connectivity index (χ4v) is 2.95. The summed E-state index contributed by atoms with van der Waals surface area (Å²) >= 11 is 0. The minimum Gasteiger partial charge on any atom is -0.303 e. The third kappa shape index (κ3) is 5.40. The minimum absolute atomic E-state index is 0.291. The van der Waals surface area contributed by atoms with E-state index in [0.717, 1.165) is 58.7 Å². The second kappa shape index (κ2) is 8.61. The maximum absolute atomic E-state index is 9.54. The van der Waals surface area contributed by atoms with Crippen LogP contribution in [0.25, 0.3) is 0 Å². The fraction of sp³-hybridized carbons (Fsp3) is 0.938. The summed E-state index contributed by atoms with van der Waals surface area (Å²) in [4.78, 5) is 4.89. The van der Waals surface area contributed by atoms with Gasteiger partial charge in [-0.3, -0.25) is 5.32 Å². The van der Waals surface area contributed by atoms with Crippen LogP contribution in [0.15, 0.2) is 0 Å². The lowest BCUT2D eigenvalue weighted by atomic mass is 9.88. The normalized spacial score (nSPS) is 19.4. The molecule has 0 bridgehead atoms. The van der Waals surface area contributed by atoms with Gasteiger partial charge in [-0.05, 0) is 31.8 Å². The van der Waals surface area contributed by atoms with E-state index in [9.17, 15) is 5.26 Å². The molecule has 1 rings (SSSR count). The Bertz CT molecular complexity index is 296. The van der Waals surface area contributed by atoms with Crippen LogP contribution in [0.4, 0.5) is 0 Å². The Balaban J connectivity index is 2.37. The molecule has 0 saturated carbocycles. The summed E-state index contributed by atoms with van der Waals surface area (Å²) in [5.74, 6) is 0.709. The lowest BCUT2D eigenvalue weighted by molar-refractivity contribution is 0.150. The summed E-state index contributed by atoms with van der Waals surface area (Å²) in [6.07, 6.45) is 1.91. The monoisotopic (exact) mass is 280 g/mol. The van der Waals surface area contributed by atoms with Crippen LogP contribution in [0.5, 0.6) is 0 Å². The Morgan fingerprint density at radius 1 is 1.25 bits per heavy atom. The molecule has 1 fully saturated rings. The van der Waals surface area contributed by atoms with E-state index in [1.807, 2.05) is 0 Å². The number of rotatable bonds is 8. The van der Waals surface area contributed by atoms with E-state index >= 15 is 0 Å². The van der Waals surface area contributed by atoms with Crippen molar-refractivity contribution in [3.63, 3.8) is 0 Å². The first-order valence-electron chi connectivity index (χ1n) is 8.16. The summed E-state index contributed by atoms with van der Waals surface area (Å²) in [7, 11) is 0. The summed E-state index contributed by atoms with van der Waals surface area (Å²) in [5, 5.41) is 13.1. The number of nitrogens with zero attached hydrogens (tertiary/aromatic N) is 3. The number of likely N-dealkylation sites (N-methyl/N-ethyl adjacent to an activating group) is 1. The smallest absolute Gasteiger partial charge is 0.109 e.